The number of hydrogen-bond donors (Lipinski definition) is 1. The van der Waals surface area contributed by atoms with Gasteiger partial charge in [0.1, 0.15) is 0 Å². The average molecular weight is 193 g/mol. The summed E-state index contributed by atoms with van der Waals surface area (Å²) in [5.74, 6) is -1.19. The van der Waals surface area contributed by atoms with Crippen LogP contribution in [-0.4, -0.2) is 17.5 Å². The molecule has 0 saturated heterocycles. The highest BCUT2D eigenvalue weighted by Crippen LogP contribution is 2.13. The van der Waals surface area contributed by atoms with Gasteiger partial charge in [-0.05, 0) is 17.6 Å². The lowest BCUT2D eigenvalue weighted by atomic mass is 10.0. The summed E-state index contributed by atoms with van der Waals surface area (Å²) >= 11 is 0. The van der Waals surface area contributed by atoms with Crippen molar-refractivity contribution in [2.45, 2.75) is 12.8 Å². The molecule has 1 aliphatic rings. The van der Waals surface area contributed by atoms with Crippen molar-refractivity contribution >= 4 is 12.4 Å². The predicted molar refractivity (Wildman–Crippen MR) is 52.1 cm³/mol. The summed E-state index contributed by atoms with van der Waals surface area (Å²) in [4.78, 5) is 14.5. The molecule has 4 nitrogen and oxygen atoms in total. The number of carbonyl (C=O) groups is 1. The second kappa shape index (κ2) is 5.01. The molecule has 1 N–H and O–H groups in total. The molecule has 1 aromatic rings. The Morgan fingerprint density at radius 2 is 1.93 bits per heavy atom. The third-order valence-corrected chi connectivity index (χ3v) is 1.78. The van der Waals surface area contributed by atoms with Gasteiger partial charge in [-0.15, -0.1) is 0 Å². The van der Waals surface area contributed by atoms with E-state index in [1.54, 1.807) is 6.92 Å². The normalized spacial score (nSPS) is 13.2. The monoisotopic (exact) mass is 193 g/mol. The summed E-state index contributed by atoms with van der Waals surface area (Å²) in [6.07, 6.45) is 1.38. The molecule has 4 heteroatoms. The summed E-state index contributed by atoms with van der Waals surface area (Å²) < 4.78 is 0. The van der Waals surface area contributed by atoms with Crippen molar-refractivity contribution in [2.75, 3.05) is 0 Å². The van der Waals surface area contributed by atoms with Crippen molar-refractivity contribution in [3.05, 3.63) is 35.9 Å². The van der Waals surface area contributed by atoms with E-state index >= 15 is 0 Å². The third kappa shape index (κ3) is 3.71. The van der Waals surface area contributed by atoms with Crippen LogP contribution in [-0.2, 0) is 9.63 Å². The number of aliphatic carboxylic acids is 1. The zero-order valence-electron chi connectivity index (χ0n) is 7.75. The highest BCUT2D eigenvalue weighted by atomic mass is 16.7. The lowest BCUT2D eigenvalue weighted by molar-refractivity contribution is -0.138. The van der Waals surface area contributed by atoms with Crippen molar-refractivity contribution in [3.8, 4) is 0 Å². The van der Waals surface area contributed by atoms with Crippen LogP contribution < -0.4 is 0 Å². The molecule has 0 fully saturated rings. The van der Waals surface area contributed by atoms with Gasteiger partial charge < -0.3 is 9.94 Å². The first kappa shape index (κ1) is 10.2. The van der Waals surface area contributed by atoms with Gasteiger partial charge in [0, 0.05) is 0 Å². The minimum atomic E-state index is -0.781. The van der Waals surface area contributed by atoms with Crippen LogP contribution in [0.25, 0.3) is 0 Å². The molecule has 0 radical (unpaired) electrons. The van der Waals surface area contributed by atoms with Crippen LogP contribution in [0.15, 0.2) is 35.5 Å². The van der Waals surface area contributed by atoms with E-state index in [0.29, 0.717) is 0 Å². The largest absolute Gasteiger partial charge is 0.481 e. The molecule has 74 valence electrons. The number of carboxylic acid groups (broad SMARTS) is 1. The Morgan fingerprint density at radius 3 is 2.29 bits per heavy atom. The third-order valence-electron chi connectivity index (χ3n) is 1.78. The Kier molecular flexibility index (Phi) is 3.67. The number of nitrogens with zero attached hydrogens (tertiary/aromatic N) is 1. The van der Waals surface area contributed by atoms with Crippen LogP contribution in [0.4, 0.5) is 0 Å². The molecule has 0 saturated carbocycles. The van der Waals surface area contributed by atoms with E-state index in [-0.39, 0.29) is 0 Å². The lowest BCUT2D eigenvalue weighted by Crippen LogP contribution is -2.06. The first-order chi connectivity index (χ1) is 6.72. The van der Waals surface area contributed by atoms with Gasteiger partial charge >= 0.3 is 5.97 Å². The maximum absolute atomic E-state index is 10.5. The molecule has 2 rings (SSSR count). The zero-order chi connectivity index (χ0) is 10.4. The van der Waals surface area contributed by atoms with E-state index in [4.69, 9.17) is 5.11 Å². The lowest BCUT2D eigenvalue weighted by Gasteiger charge is -2.04. The first-order valence-corrected chi connectivity index (χ1v) is 4.17. The highest BCUT2D eigenvalue weighted by molar-refractivity contribution is 5.75. The Hall–Kier alpha value is -1.84. The number of oxime groups is 1. The Morgan fingerprint density at radius 1 is 1.43 bits per heavy atom. The molecule has 0 aromatic heterocycles. The Labute approximate surface area is 81.8 Å². The van der Waals surface area contributed by atoms with E-state index in [2.05, 4.69) is 9.99 Å². The molecule has 1 aromatic carbocycles. The van der Waals surface area contributed by atoms with Crippen molar-refractivity contribution in [1.29, 1.82) is 0 Å². The summed E-state index contributed by atoms with van der Waals surface area (Å²) in [5.41, 5.74) is 0.847. The number of carboxylic acids is 1. The zero-order valence-corrected chi connectivity index (χ0v) is 7.75. The maximum Gasteiger partial charge on any atom is 0.310 e. The predicted octanol–water partition coefficient (Wildman–Crippen LogP) is 1.83. The molecule has 1 heterocycles. The standard InChI is InChI=1S/C9H10O2.CHNO/c1-7(9(10)11)8-5-3-2-4-6-8;1-2-3-1/h2-7H,1H3,(H,10,11);1H. The van der Waals surface area contributed by atoms with Crippen molar-refractivity contribution < 1.29 is 14.7 Å². The topological polar surface area (TPSA) is 62.2 Å². The summed E-state index contributed by atoms with van der Waals surface area (Å²) in [5, 5.41) is 11.8. The fraction of sp³-hybridized carbons (Fsp3) is 0.200. The second-order valence-corrected chi connectivity index (χ2v) is 2.79. The SMILES string of the molecule is C1=NO1.CC(C(=O)O)c1ccccc1. The fourth-order valence-electron chi connectivity index (χ4n) is 0.884. The van der Waals surface area contributed by atoms with Gasteiger partial charge in [-0.3, -0.25) is 4.79 Å². The minimum Gasteiger partial charge on any atom is -0.481 e. The van der Waals surface area contributed by atoms with Crippen LogP contribution >= 0.6 is 0 Å². The van der Waals surface area contributed by atoms with E-state index in [0.717, 1.165) is 5.56 Å². The molecule has 0 bridgehead atoms. The van der Waals surface area contributed by atoms with Gasteiger partial charge in [-0.2, -0.15) is 0 Å². The van der Waals surface area contributed by atoms with Gasteiger partial charge in [-0.25, -0.2) is 0 Å². The van der Waals surface area contributed by atoms with Crippen molar-refractivity contribution in [2.24, 2.45) is 5.16 Å². The van der Waals surface area contributed by atoms with E-state index < -0.39 is 11.9 Å². The van der Waals surface area contributed by atoms with E-state index in [1.165, 1.54) is 6.40 Å². The van der Waals surface area contributed by atoms with Gasteiger partial charge in [-0.1, -0.05) is 30.3 Å². The fourth-order valence-corrected chi connectivity index (χ4v) is 0.884. The molecular weight excluding hydrogens is 182 g/mol. The Bertz CT molecular complexity index is 317. The molecule has 14 heavy (non-hydrogen) atoms. The van der Waals surface area contributed by atoms with Gasteiger partial charge in [0.2, 0.25) is 6.40 Å². The molecule has 0 spiro atoms. The van der Waals surface area contributed by atoms with Crippen molar-refractivity contribution in [1.82, 2.24) is 0 Å². The molecule has 1 unspecified atom stereocenters. The van der Waals surface area contributed by atoms with Crippen LogP contribution in [0.2, 0.25) is 0 Å². The maximum atomic E-state index is 10.5. The quantitative estimate of drug-likeness (QED) is 0.779. The summed E-state index contributed by atoms with van der Waals surface area (Å²) in [7, 11) is 0. The van der Waals surface area contributed by atoms with Gasteiger partial charge in [0.25, 0.3) is 0 Å². The molecular formula is C10H11NO3. The minimum absolute atomic E-state index is 0.406. The smallest absolute Gasteiger partial charge is 0.310 e. The van der Waals surface area contributed by atoms with Crippen molar-refractivity contribution in [3.63, 3.8) is 0 Å². The van der Waals surface area contributed by atoms with Gasteiger partial charge in [0.15, 0.2) is 0 Å². The van der Waals surface area contributed by atoms with E-state index in [9.17, 15) is 4.79 Å². The summed E-state index contributed by atoms with van der Waals surface area (Å²) in [6, 6.07) is 9.19. The molecule has 0 amide bonds. The average Bonchev–Trinajstić information content (AvgIpc) is 3.05. The van der Waals surface area contributed by atoms with Crippen LogP contribution in [0.3, 0.4) is 0 Å². The van der Waals surface area contributed by atoms with Gasteiger partial charge in [0.05, 0.1) is 5.92 Å². The summed E-state index contributed by atoms with van der Waals surface area (Å²) in [6.45, 7) is 1.68. The Balaban J connectivity index is 0.000000276. The number of hydrogen-bond acceptors (Lipinski definition) is 3. The van der Waals surface area contributed by atoms with Crippen LogP contribution in [0.1, 0.15) is 18.4 Å². The van der Waals surface area contributed by atoms with Crippen LogP contribution in [0, 0.1) is 0 Å². The highest BCUT2D eigenvalue weighted by Gasteiger charge is 2.11. The second-order valence-electron chi connectivity index (χ2n) is 2.79. The number of benzene rings is 1. The molecule has 1 aliphatic heterocycles. The molecule has 0 aliphatic carbocycles. The molecule has 1 atom stereocenters. The first-order valence-electron chi connectivity index (χ1n) is 4.17. The van der Waals surface area contributed by atoms with E-state index in [1.807, 2.05) is 30.3 Å². The van der Waals surface area contributed by atoms with Crippen LogP contribution in [0.5, 0.6) is 0 Å². The number of rotatable bonds is 2.